The number of hydrogen-bond donors (Lipinski definition) is 3. The van der Waals surface area contributed by atoms with Crippen molar-refractivity contribution in [3.05, 3.63) is 5.82 Å². The van der Waals surface area contributed by atoms with Crippen LogP contribution >= 0.6 is 12.2 Å². The Labute approximate surface area is 105 Å². The molecule has 1 aromatic heterocycles. The van der Waals surface area contributed by atoms with E-state index in [0.717, 1.165) is 6.42 Å². The van der Waals surface area contributed by atoms with Crippen molar-refractivity contribution in [3.63, 3.8) is 0 Å². The first-order chi connectivity index (χ1) is 8.06. The summed E-state index contributed by atoms with van der Waals surface area (Å²) < 4.78 is 0. The van der Waals surface area contributed by atoms with Gasteiger partial charge in [0.15, 0.2) is 5.82 Å². The number of aromatic amines is 1. The summed E-state index contributed by atoms with van der Waals surface area (Å²) in [7, 11) is 0. The van der Waals surface area contributed by atoms with Gasteiger partial charge >= 0.3 is 0 Å². The lowest BCUT2D eigenvalue weighted by Gasteiger charge is -2.17. The number of carbonyl (C=O) groups excluding carboxylic acids is 1. The molecule has 1 aromatic rings. The van der Waals surface area contributed by atoms with Gasteiger partial charge in [-0.25, -0.2) is 0 Å². The number of nitrogens with zero attached hydrogens (tertiary/aromatic N) is 3. The molecule has 8 heteroatoms. The molecule has 0 saturated carbocycles. The van der Waals surface area contributed by atoms with Crippen LogP contribution in [0.15, 0.2) is 0 Å². The molecule has 0 bridgehead atoms. The van der Waals surface area contributed by atoms with Gasteiger partial charge in [-0.3, -0.25) is 4.79 Å². The van der Waals surface area contributed by atoms with Crippen LogP contribution in [-0.4, -0.2) is 31.5 Å². The average molecular weight is 256 g/mol. The maximum atomic E-state index is 11.9. The molecule has 0 saturated heterocycles. The molecule has 94 valence electrons. The summed E-state index contributed by atoms with van der Waals surface area (Å²) >= 11 is 4.88. The number of nitrogens with two attached hydrogens (primary N) is 1. The van der Waals surface area contributed by atoms with E-state index >= 15 is 0 Å². The van der Waals surface area contributed by atoms with Crippen molar-refractivity contribution in [3.8, 4) is 0 Å². The monoisotopic (exact) mass is 256 g/mol. The van der Waals surface area contributed by atoms with E-state index in [-0.39, 0.29) is 16.9 Å². The van der Waals surface area contributed by atoms with Gasteiger partial charge in [0.1, 0.15) is 0 Å². The smallest absolute Gasteiger partial charge is 0.230 e. The molecule has 17 heavy (non-hydrogen) atoms. The first-order valence-corrected chi connectivity index (χ1v) is 5.80. The van der Waals surface area contributed by atoms with Gasteiger partial charge < -0.3 is 11.1 Å². The molecule has 0 aliphatic rings. The van der Waals surface area contributed by atoms with E-state index in [2.05, 4.69) is 25.9 Å². The highest BCUT2D eigenvalue weighted by atomic mass is 32.1. The van der Waals surface area contributed by atoms with Gasteiger partial charge in [0, 0.05) is 0 Å². The van der Waals surface area contributed by atoms with Gasteiger partial charge in [-0.15, -0.1) is 10.2 Å². The molecule has 2 atom stereocenters. The number of aromatic nitrogens is 4. The molecule has 0 radical (unpaired) electrons. The largest absolute Gasteiger partial charge is 0.393 e. The van der Waals surface area contributed by atoms with E-state index in [1.165, 1.54) is 0 Å². The average Bonchev–Trinajstić information content (AvgIpc) is 2.78. The molecular weight excluding hydrogens is 240 g/mol. The summed E-state index contributed by atoms with van der Waals surface area (Å²) in [6, 6.07) is -0.324. The van der Waals surface area contributed by atoms with E-state index in [1.807, 2.05) is 6.92 Å². The quantitative estimate of drug-likeness (QED) is 0.622. The highest BCUT2D eigenvalue weighted by Crippen LogP contribution is 2.10. The Bertz CT molecular complexity index is 379. The topological polar surface area (TPSA) is 110 Å². The third kappa shape index (κ3) is 3.74. The molecule has 0 aliphatic heterocycles. The van der Waals surface area contributed by atoms with Crippen molar-refractivity contribution < 1.29 is 4.79 Å². The molecule has 1 heterocycles. The highest BCUT2D eigenvalue weighted by Gasteiger charge is 2.23. The number of rotatable bonds is 6. The van der Waals surface area contributed by atoms with Crippen LogP contribution in [0.5, 0.6) is 0 Å². The lowest BCUT2D eigenvalue weighted by molar-refractivity contribution is -0.123. The lowest BCUT2D eigenvalue weighted by atomic mass is 10.0. The van der Waals surface area contributed by atoms with Crippen LogP contribution in [0.25, 0.3) is 0 Å². The minimum absolute atomic E-state index is 0.198. The Balaban J connectivity index is 2.60. The van der Waals surface area contributed by atoms with Gasteiger partial charge in [-0.05, 0) is 13.3 Å². The molecule has 7 nitrogen and oxygen atoms in total. The molecule has 0 fully saturated rings. The third-order valence-electron chi connectivity index (χ3n) is 2.35. The van der Waals surface area contributed by atoms with E-state index in [4.69, 9.17) is 18.0 Å². The Morgan fingerprint density at radius 2 is 2.35 bits per heavy atom. The van der Waals surface area contributed by atoms with Crippen LogP contribution in [0, 0.1) is 5.92 Å². The fourth-order valence-electron chi connectivity index (χ4n) is 1.42. The van der Waals surface area contributed by atoms with E-state index in [9.17, 15) is 4.79 Å². The lowest BCUT2D eigenvalue weighted by Crippen LogP contribution is -2.39. The van der Waals surface area contributed by atoms with Crippen molar-refractivity contribution in [1.82, 2.24) is 25.9 Å². The Morgan fingerprint density at radius 3 is 2.82 bits per heavy atom. The number of hydrogen-bond acceptors (Lipinski definition) is 5. The van der Waals surface area contributed by atoms with Gasteiger partial charge in [-0.1, -0.05) is 30.8 Å². The van der Waals surface area contributed by atoms with Crippen LogP contribution in [0.2, 0.25) is 0 Å². The fourth-order valence-corrected chi connectivity index (χ4v) is 1.65. The maximum Gasteiger partial charge on any atom is 0.230 e. The van der Waals surface area contributed by atoms with Crippen LogP contribution < -0.4 is 11.1 Å². The van der Waals surface area contributed by atoms with Gasteiger partial charge in [-0.2, -0.15) is 5.21 Å². The summed E-state index contributed by atoms with van der Waals surface area (Å²) in [5.74, 6) is -0.211. The van der Waals surface area contributed by atoms with Gasteiger partial charge in [0.2, 0.25) is 5.91 Å². The molecule has 4 N–H and O–H groups in total. The van der Waals surface area contributed by atoms with E-state index in [0.29, 0.717) is 12.2 Å². The van der Waals surface area contributed by atoms with E-state index < -0.39 is 5.92 Å². The van der Waals surface area contributed by atoms with Crippen molar-refractivity contribution in [2.75, 3.05) is 0 Å². The third-order valence-corrected chi connectivity index (χ3v) is 2.63. The first-order valence-electron chi connectivity index (χ1n) is 5.39. The number of nitrogens with one attached hydrogen (secondary N) is 2. The Kier molecular flexibility index (Phi) is 4.95. The fraction of sp³-hybridized carbons (Fsp3) is 0.667. The minimum atomic E-state index is -0.440. The minimum Gasteiger partial charge on any atom is -0.393 e. The Hall–Kier alpha value is -1.57. The molecule has 0 aliphatic carbocycles. The molecule has 1 rings (SSSR count). The van der Waals surface area contributed by atoms with Crippen LogP contribution in [0.4, 0.5) is 0 Å². The van der Waals surface area contributed by atoms with Crippen molar-refractivity contribution in [1.29, 1.82) is 0 Å². The maximum absolute atomic E-state index is 11.9. The first kappa shape index (κ1) is 13.5. The van der Waals surface area contributed by atoms with Crippen LogP contribution in [0.3, 0.4) is 0 Å². The number of amides is 1. The Morgan fingerprint density at radius 1 is 1.65 bits per heavy atom. The summed E-state index contributed by atoms with van der Waals surface area (Å²) in [6.45, 7) is 3.74. The van der Waals surface area contributed by atoms with Crippen LogP contribution in [0.1, 0.15) is 38.6 Å². The van der Waals surface area contributed by atoms with Crippen molar-refractivity contribution in [2.24, 2.45) is 11.7 Å². The number of H-pyrrole nitrogens is 1. The zero-order valence-electron chi connectivity index (χ0n) is 9.80. The number of carbonyl (C=O) groups is 1. The second-order valence-electron chi connectivity index (χ2n) is 3.74. The standard InChI is InChI=1S/C9H16N6OS/c1-3-4-6(7(10)17)9(16)11-5(2)8-12-14-15-13-8/h5-6H,3-4H2,1-2H3,(H2,10,17)(H,11,16)(H,12,13,14,15). The normalized spacial score (nSPS) is 14.0. The number of tetrazole rings is 1. The SMILES string of the molecule is CCCC(C(=O)NC(C)c1nn[nH]n1)C(N)=S. The zero-order valence-corrected chi connectivity index (χ0v) is 10.6. The predicted octanol–water partition coefficient (Wildman–Crippen LogP) is 0.0793. The van der Waals surface area contributed by atoms with E-state index in [1.54, 1.807) is 6.92 Å². The van der Waals surface area contributed by atoms with Gasteiger partial charge in [0.05, 0.1) is 16.9 Å². The summed E-state index contributed by atoms with van der Waals surface area (Å²) in [5.41, 5.74) is 5.54. The summed E-state index contributed by atoms with van der Waals surface area (Å²) in [5, 5.41) is 16.1. The summed E-state index contributed by atoms with van der Waals surface area (Å²) in [4.78, 5) is 12.1. The molecular formula is C9H16N6OS. The molecule has 2 unspecified atom stereocenters. The number of thiocarbonyl (C=S) groups is 1. The van der Waals surface area contributed by atoms with Gasteiger partial charge in [0.25, 0.3) is 0 Å². The predicted molar refractivity (Wildman–Crippen MR) is 65.9 cm³/mol. The second kappa shape index (κ2) is 6.24. The summed E-state index contributed by atoms with van der Waals surface area (Å²) in [6.07, 6.45) is 1.48. The molecule has 1 amide bonds. The van der Waals surface area contributed by atoms with Crippen molar-refractivity contribution in [2.45, 2.75) is 32.7 Å². The van der Waals surface area contributed by atoms with Crippen molar-refractivity contribution >= 4 is 23.1 Å². The molecule has 0 spiro atoms. The highest BCUT2D eigenvalue weighted by molar-refractivity contribution is 7.80. The molecule has 0 aromatic carbocycles. The second-order valence-corrected chi connectivity index (χ2v) is 4.22. The zero-order chi connectivity index (χ0) is 12.8. The van der Waals surface area contributed by atoms with Crippen LogP contribution in [-0.2, 0) is 4.79 Å².